The molecule has 2 nitrogen and oxygen atoms in total. The first-order valence-corrected chi connectivity index (χ1v) is 8.68. The van der Waals surface area contributed by atoms with Crippen LogP contribution in [0.4, 0.5) is 0 Å². The fourth-order valence-electron chi connectivity index (χ4n) is 3.13. The third-order valence-corrected chi connectivity index (χ3v) is 4.44. The predicted molar refractivity (Wildman–Crippen MR) is 103 cm³/mol. The van der Waals surface area contributed by atoms with Gasteiger partial charge in [0, 0.05) is 12.1 Å². The van der Waals surface area contributed by atoms with Crippen LogP contribution in [-0.2, 0) is 0 Å². The zero-order valence-electron chi connectivity index (χ0n) is 14.7. The molecule has 0 fully saturated rings. The first-order valence-electron chi connectivity index (χ1n) is 8.68. The van der Waals surface area contributed by atoms with Gasteiger partial charge in [0.15, 0.2) is 0 Å². The van der Waals surface area contributed by atoms with Crippen molar-refractivity contribution in [3.63, 3.8) is 0 Å². The van der Waals surface area contributed by atoms with Crippen LogP contribution in [0.2, 0.25) is 0 Å². The fourth-order valence-corrected chi connectivity index (χ4v) is 3.13. The molecular weight excluding hydrogens is 306 g/mol. The number of hydrogen-bond acceptors (Lipinski definition) is 1. The second kappa shape index (κ2) is 7.80. The number of hydrogen-bond donors (Lipinski definition) is 0. The Morgan fingerprint density at radius 3 is 1.88 bits per heavy atom. The van der Waals surface area contributed by atoms with E-state index in [2.05, 4.69) is 43.3 Å². The second-order valence-electron chi connectivity index (χ2n) is 6.18. The van der Waals surface area contributed by atoms with Gasteiger partial charge in [-0.1, -0.05) is 78.4 Å². The van der Waals surface area contributed by atoms with Crippen molar-refractivity contribution >= 4 is 5.91 Å². The van der Waals surface area contributed by atoms with E-state index in [1.54, 1.807) is 0 Å². The molecule has 2 heteroatoms. The number of benzene rings is 3. The molecule has 0 aliphatic heterocycles. The zero-order chi connectivity index (χ0) is 17.6. The monoisotopic (exact) mass is 329 g/mol. The molecule has 0 aliphatic rings. The molecule has 0 aromatic heterocycles. The third-order valence-electron chi connectivity index (χ3n) is 4.44. The molecule has 0 heterocycles. The van der Waals surface area contributed by atoms with E-state index < -0.39 is 0 Å². The maximum absolute atomic E-state index is 13.2. The Morgan fingerprint density at radius 1 is 0.800 bits per heavy atom. The SMILES string of the molecule is CCN(C(=O)c1ccccc1)C(c1ccccc1)c1ccc(C)cc1. The second-order valence-corrected chi connectivity index (χ2v) is 6.18. The van der Waals surface area contributed by atoms with Gasteiger partial charge in [0.2, 0.25) is 0 Å². The number of aryl methyl sites for hydroxylation is 1. The number of rotatable bonds is 5. The van der Waals surface area contributed by atoms with Crippen LogP contribution >= 0.6 is 0 Å². The van der Waals surface area contributed by atoms with Gasteiger partial charge in [0.1, 0.15) is 0 Å². The van der Waals surface area contributed by atoms with E-state index in [1.165, 1.54) is 5.56 Å². The Bertz CT molecular complexity index is 810. The summed E-state index contributed by atoms with van der Waals surface area (Å²) in [7, 11) is 0. The van der Waals surface area contributed by atoms with Crippen molar-refractivity contribution in [2.45, 2.75) is 19.9 Å². The predicted octanol–water partition coefficient (Wildman–Crippen LogP) is 5.25. The summed E-state index contributed by atoms with van der Waals surface area (Å²) in [6, 6.07) is 28.1. The molecule has 126 valence electrons. The lowest BCUT2D eigenvalue weighted by atomic mass is 9.95. The summed E-state index contributed by atoms with van der Waals surface area (Å²) < 4.78 is 0. The highest BCUT2D eigenvalue weighted by Gasteiger charge is 2.26. The van der Waals surface area contributed by atoms with Gasteiger partial charge in [0.05, 0.1) is 6.04 Å². The van der Waals surface area contributed by atoms with E-state index in [1.807, 2.05) is 60.4 Å². The lowest BCUT2D eigenvalue weighted by Gasteiger charge is -2.32. The summed E-state index contributed by atoms with van der Waals surface area (Å²) in [6.07, 6.45) is 0. The summed E-state index contributed by atoms with van der Waals surface area (Å²) >= 11 is 0. The highest BCUT2D eigenvalue weighted by atomic mass is 16.2. The topological polar surface area (TPSA) is 20.3 Å². The molecule has 0 N–H and O–H groups in total. The summed E-state index contributed by atoms with van der Waals surface area (Å²) in [5, 5.41) is 0. The Hall–Kier alpha value is -2.87. The van der Waals surface area contributed by atoms with E-state index in [9.17, 15) is 4.79 Å². The van der Waals surface area contributed by atoms with Crippen molar-refractivity contribution in [2.75, 3.05) is 6.54 Å². The van der Waals surface area contributed by atoms with Crippen LogP contribution in [0.1, 0.15) is 40.0 Å². The van der Waals surface area contributed by atoms with Gasteiger partial charge in [-0.2, -0.15) is 0 Å². The van der Waals surface area contributed by atoms with Crippen molar-refractivity contribution in [1.29, 1.82) is 0 Å². The highest BCUT2D eigenvalue weighted by Crippen LogP contribution is 2.30. The van der Waals surface area contributed by atoms with Gasteiger partial charge >= 0.3 is 0 Å². The van der Waals surface area contributed by atoms with Gasteiger partial charge in [-0.3, -0.25) is 4.79 Å². The smallest absolute Gasteiger partial charge is 0.254 e. The molecule has 3 aromatic rings. The maximum atomic E-state index is 13.2. The normalized spacial score (nSPS) is 11.8. The van der Waals surface area contributed by atoms with E-state index in [0.717, 1.165) is 16.7 Å². The summed E-state index contributed by atoms with van der Waals surface area (Å²) in [5.41, 5.74) is 4.19. The summed E-state index contributed by atoms with van der Waals surface area (Å²) in [4.78, 5) is 15.1. The molecule has 1 amide bonds. The van der Waals surface area contributed by atoms with Crippen LogP contribution in [0.3, 0.4) is 0 Å². The van der Waals surface area contributed by atoms with Gasteiger partial charge in [-0.25, -0.2) is 0 Å². The molecule has 3 aromatic carbocycles. The molecule has 0 saturated carbocycles. The van der Waals surface area contributed by atoms with Gasteiger partial charge in [0.25, 0.3) is 5.91 Å². The van der Waals surface area contributed by atoms with Gasteiger partial charge in [-0.05, 0) is 37.1 Å². The number of nitrogens with zero attached hydrogens (tertiary/aromatic N) is 1. The quantitative estimate of drug-likeness (QED) is 0.626. The molecule has 0 bridgehead atoms. The lowest BCUT2D eigenvalue weighted by Crippen LogP contribution is -2.35. The van der Waals surface area contributed by atoms with E-state index in [0.29, 0.717) is 6.54 Å². The van der Waals surface area contributed by atoms with Crippen molar-refractivity contribution in [2.24, 2.45) is 0 Å². The minimum absolute atomic E-state index is 0.0533. The number of carbonyl (C=O) groups excluding carboxylic acids is 1. The molecule has 0 aliphatic carbocycles. The lowest BCUT2D eigenvalue weighted by molar-refractivity contribution is 0.0717. The van der Waals surface area contributed by atoms with Crippen molar-refractivity contribution in [3.8, 4) is 0 Å². The Kier molecular flexibility index (Phi) is 5.30. The van der Waals surface area contributed by atoms with Crippen LogP contribution in [0.25, 0.3) is 0 Å². The Labute approximate surface area is 149 Å². The van der Waals surface area contributed by atoms with Crippen LogP contribution in [0.5, 0.6) is 0 Å². The fraction of sp³-hybridized carbons (Fsp3) is 0.174. The van der Waals surface area contributed by atoms with Crippen molar-refractivity contribution in [1.82, 2.24) is 4.90 Å². The first kappa shape index (κ1) is 17.0. The highest BCUT2D eigenvalue weighted by molar-refractivity contribution is 5.94. The van der Waals surface area contributed by atoms with E-state index >= 15 is 0 Å². The average Bonchev–Trinajstić information content (AvgIpc) is 2.68. The van der Waals surface area contributed by atoms with E-state index in [4.69, 9.17) is 0 Å². The molecule has 1 atom stereocenters. The molecule has 0 radical (unpaired) electrons. The largest absolute Gasteiger partial charge is 0.328 e. The van der Waals surface area contributed by atoms with Gasteiger partial charge in [-0.15, -0.1) is 0 Å². The number of carbonyl (C=O) groups is 1. The standard InChI is InChI=1S/C23H23NO/c1-3-24(23(25)21-12-8-5-9-13-21)22(19-10-6-4-7-11-19)20-16-14-18(2)15-17-20/h4-17,22H,3H2,1-2H3. The Morgan fingerprint density at radius 2 is 1.32 bits per heavy atom. The molecule has 1 unspecified atom stereocenters. The number of amides is 1. The summed E-state index contributed by atoms with van der Waals surface area (Å²) in [6.45, 7) is 4.75. The molecule has 0 saturated heterocycles. The molecule has 25 heavy (non-hydrogen) atoms. The van der Waals surface area contributed by atoms with E-state index in [-0.39, 0.29) is 11.9 Å². The Balaban J connectivity index is 2.06. The minimum atomic E-state index is -0.0977. The first-order chi connectivity index (χ1) is 12.2. The molecular formula is C23H23NO. The maximum Gasteiger partial charge on any atom is 0.254 e. The van der Waals surface area contributed by atoms with Gasteiger partial charge < -0.3 is 4.90 Å². The molecule has 3 rings (SSSR count). The summed E-state index contributed by atoms with van der Waals surface area (Å²) in [5.74, 6) is 0.0533. The minimum Gasteiger partial charge on any atom is -0.328 e. The van der Waals surface area contributed by atoms with Crippen LogP contribution in [-0.4, -0.2) is 17.4 Å². The van der Waals surface area contributed by atoms with Crippen LogP contribution in [0.15, 0.2) is 84.9 Å². The average molecular weight is 329 g/mol. The third kappa shape index (κ3) is 3.80. The zero-order valence-corrected chi connectivity index (χ0v) is 14.7. The van der Waals surface area contributed by atoms with Crippen molar-refractivity contribution < 1.29 is 4.79 Å². The van der Waals surface area contributed by atoms with Crippen molar-refractivity contribution in [3.05, 3.63) is 107 Å². The molecule has 0 spiro atoms. The van der Waals surface area contributed by atoms with Crippen LogP contribution < -0.4 is 0 Å². The van der Waals surface area contributed by atoms with Crippen LogP contribution in [0, 0.1) is 6.92 Å².